The van der Waals surface area contributed by atoms with Gasteiger partial charge in [-0.25, -0.2) is 0 Å². The highest BCUT2D eigenvalue weighted by Gasteiger charge is 2.09. The number of halogens is 2. The molecule has 0 amide bonds. The molecule has 1 aromatic heterocycles. The number of nitrogen functional groups attached to an aromatic ring is 1. The first-order valence-electron chi connectivity index (χ1n) is 7.42. The molecule has 3 aromatic rings. The summed E-state index contributed by atoms with van der Waals surface area (Å²) in [5, 5.41) is 4.44. The summed E-state index contributed by atoms with van der Waals surface area (Å²) >= 11 is 13.7. The van der Waals surface area contributed by atoms with Crippen LogP contribution in [0.1, 0.15) is 11.4 Å². The van der Waals surface area contributed by atoms with E-state index in [2.05, 4.69) is 20.3 Å². The van der Waals surface area contributed by atoms with Crippen LogP contribution in [0.2, 0.25) is 10.0 Å². The van der Waals surface area contributed by atoms with Gasteiger partial charge in [-0.15, -0.1) is 11.8 Å². The normalized spacial score (nSPS) is 10.7. The van der Waals surface area contributed by atoms with Crippen molar-refractivity contribution in [2.45, 2.75) is 17.6 Å². The minimum atomic E-state index is 0.166. The minimum Gasteiger partial charge on any atom is -0.368 e. The van der Waals surface area contributed by atoms with Crippen molar-refractivity contribution in [1.82, 2.24) is 15.0 Å². The van der Waals surface area contributed by atoms with E-state index >= 15 is 0 Å². The van der Waals surface area contributed by atoms with Crippen molar-refractivity contribution < 1.29 is 0 Å². The summed E-state index contributed by atoms with van der Waals surface area (Å²) < 4.78 is 0. The molecule has 0 bridgehead atoms. The van der Waals surface area contributed by atoms with Crippen LogP contribution in [0.15, 0.2) is 47.4 Å². The van der Waals surface area contributed by atoms with Gasteiger partial charge in [-0.3, -0.25) is 0 Å². The Hall–Kier alpha value is -2.02. The molecule has 3 N–H and O–H groups in total. The summed E-state index contributed by atoms with van der Waals surface area (Å²) in [5.74, 6) is 1.63. The number of nitrogens with zero attached hydrogens (tertiary/aromatic N) is 3. The average Bonchev–Trinajstić information content (AvgIpc) is 2.57. The molecule has 25 heavy (non-hydrogen) atoms. The van der Waals surface area contributed by atoms with Gasteiger partial charge in [0.1, 0.15) is 5.82 Å². The van der Waals surface area contributed by atoms with Crippen LogP contribution in [0.5, 0.6) is 0 Å². The third kappa shape index (κ3) is 4.75. The van der Waals surface area contributed by atoms with E-state index in [1.807, 2.05) is 37.3 Å². The molecule has 8 heteroatoms. The standard InChI is InChI=1S/C17H15Cl2N5S/c1-10-4-2-3-5-13(10)21-17-23-15(22-16(20)24-17)9-25-14-8-11(18)6-7-12(14)19/h2-8H,9H2,1H3,(H3,20,21,22,23,24). The highest BCUT2D eigenvalue weighted by molar-refractivity contribution is 7.98. The van der Waals surface area contributed by atoms with Crippen LogP contribution in [-0.2, 0) is 5.75 Å². The second-order valence-electron chi connectivity index (χ2n) is 5.24. The van der Waals surface area contributed by atoms with Gasteiger partial charge in [-0.1, -0.05) is 41.4 Å². The van der Waals surface area contributed by atoms with Crippen molar-refractivity contribution in [3.63, 3.8) is 0 Å². The predicted octanol–water partition coefficient (Wildman–Crippen LogP) is 5.10. The fourth-order valence-electron chi connectivity index (χ4n) is 2.12. The highest BCUT2D eigenvalue weighted by atomic mass is 35.5. The molecule has 0 fully saturated rings. The quantitative estimate of drug-likeness (QED) is 0.588. The van der Waals surface area contributed by atoms with Crippen LogP contribution in [0.4, 0.5) is 17.6 Å². The van der Waals surface area contributed by atoms with Gasteiger partial charge in [0.15, 0.2) is 0 Å². The highest BCUT2D eigenvalue weighted by Crippen LogP contribution is 2.31. The second kappa shape index (κ2) is 7.91. The number of rotatable bonds is 5. The largest absolute Gasteiger partial charge is 0.368 e. The lowest BCUT2D eigenvalue weighted by Crippen LogP contribution is -2.07. The molecule has 0 aliphatic heterocycles. The fourth-order valence-corrected chi connectivity index (χ4v) is 3.47. The number of anilines is 3. The van der Waals surface area contributed by atoms with E-state index in [-0.39, 0.29) is 5.95 Å². The van der Waals surface area contributed by atoms with E-state index in [0.29, 0.717) is 27.6 Å². The summed E-state index contributed by atoms with van der Waals surface area (Å²) in [7, 11) is 0. The average molecular weight is 392 g/mol. The van der Waals surface area contributed by atoms with Crippen LogP contribution in [0.3, 0.4) is 0 Å². The first kappa shape index (κ1) is 17.8. The Morgan fingerprint density at radius 1 is 1.08 bits per heavy atom. The molecule has 0 spiro atoms. The molecule has 5 nitrogen and oxygen atoms in total. The van der Waals surface area contributed by atoms with Gasteiger partial charge in [-0.05, 0) is 36.8 Å². The Morgan fingerprint density at radius 3 is 2.68 bits per heavy atom. The number of aryl methyl sites for hydroxylation is 1. The number of nitrogens with one attached hydrogen (secondary N) is 1. The Morgan fingerprint density at radius 2 is 1.88 bits per heavy atom. The van der Waals surface area contributed by atoms with E-state index in [1.165, 1.54) is 11.8 Å². The smallest absolute Gasteiger partial charge is 0.232 e. The van der Waals surface area contributed by atoms with Crippen LogP contribution >= 0.6 is 35.0 Å². The van der Waals surface area contributed by atoms with Crippen molar-refractivity contribution in [3.8, 4) is 0 Å². The summed E-state index contributed by atoms with van der Waals surface area (Å²) in [6.07, 6.45) is 0. The van der Waals surface area contributed by atoms with Crippen molar-refractivity contribution in [3.05, 3.63) is 63.9 Å². The lowest BCUT2D eigenvalue weighted by atomic mass is 10.2. The summed E-state index contributed by atoms with van der Waals surface area (Å²) in [5.41, 5.74) is 7.82. The Kier molecular flexibility index (Phi) is 5.63. The molecule has 0 saturated carbocycles. The molecule has 0 aliphatic carbocycles. The molecule has 128 valence electrons. The molecule has 2 aromatic carbocycles. The van der Waals surface area contributed by atoms with Crippen LogP contribution < -0.4 is 11.1 Å². The maximum absolute atomic E-state index is 6.18. The van der Waals surface area contributed by atoms with E-state index in [4.69, 9.17) is 28.9 Å². The van der Waals surface area contributed by atoms with E-state index < -0.39 is 0 Å². The number of thioether (sulfide) groups is 1. The number of hydrogen-bond donors (Lipinski definition) is 2. The SMILES string of the molecule is Cc1ccccc1Nc1nc(N)nc(CSc2cc(Cl)ccc2Cl)n1. The van der Waals surface area contributed by atoms with Crippen molar-refractivity contribution in [2.24, 2.45) is 0 Å². The molecule has 0 aliphatic rings. The number of nitrogens with two attached hydrogens (primary N) is 1. The third-order valence-corrected chi connectivity index (χ3v) is 5.07. The number of benzene rings is 2. The van der Waals surface area contributed by atoms with Crippen molar-refractivity contribution in [1.29, 1.82) is 0 Å². The number of para-hydroxylation sites is 1. The Labute approximate surface area is 160 Å². The molecule has 0 saturated heterocycles. The summed E-state index contributed by atoms with van der Waals surface area (Å²) in [6.45, 7) is 2.00. The zero-order chi connectivity index (χ0) is 17.8. The molecule has 3 rings (SSSR count). The van der Waals surface area contributed by atoms with Gasteiger partial charge in [0.2, 0.25) is 11.9 Å². The number of hydrogen-bond acceptors (Lipinski definition) is 6. The number of aromatic nitrogens is 3. The van der Waals surface area contributed by atoms with Gasteiger partial charge >= 0.3 is 0 Å². The Bertz CT molecular complexity index is 904. The Balaban J connectivity index is 1.77. The topological polar surface area (TPSA) is 76.7 Å². The molecular weight excluding hydrogens is 377 g/mol. The van der Waals surface area contributed by atoms with Crippen molar-refractivity contribution >= 4 is 52.5 Å². The van der Waals surface area contributed by atoms with E-state index in [9.17, 15) is 0 Å². The maximum atomic E-state index is 6.18. The van der Waals surface area contributed by atoms with Gasteiger partial charge in [0.25, 0.3) is 0 Å². The first-order chi connectivity index (χ1) is 12.0. The van der Waals surface area contributed by atoms with E-state index in [1.54, 1.807) is 12.1 Å². The molecule has 0 atom stereocenters. The van der Waals surface area contributed by atoms with Gasteiger partial charge < -0.3 is 11.1 Å². The lowest BCUT2D eigenvalue weighted by molar-refractivity contribution is 0.981. The van der Waals surface area contributed by atoms with Crippen LogP contribution in [-0.4, -0.2) is 15.0 Å². The van der Waals surface area contributed by atoms with Crippen LogP contribution in [0.25, 0.3) is 0 Å². The predicted molar refractivity (Wildman–Crippen MR) is 105 cm³/mol. The maximum Gasteiger partial charge on any atom is 0.232 e. The van der Waals surface area contributed by atoms with E-state index in [0.717, 1.165) is 16.1 Å². The van der Waals surface area contributed by atoms with Gasteiger partial charge in [0, 0.05) is 15.6 Å². The van der Waals surface area contributed by atoms with Gasteiger partial charge in [-0.2, -0.15) is 15.0 Å². The minimum absolute atomic E-state index is 0.166. The zero-order valence-corrected chi connectivity index (χ0v) is 15.7. The lowest BCUT2D eigenvalue weighted by Gasteiger charge is -2.09. The molecule has 0 unspecified atom stereocenters. The molecule has 0 radical (unpaired) electrons. The monoisotopic (exact) mass is 391 g/mol. The molecule has 1 heterocycles. The molecular formula is C17H15Cl2N5S. The van der Waals surface area contributed by atoms with Crippen LogP contribution in [0, 0.1) is 6.92 Å². The second-order valence-corrected chi connectivity index (χ2v) is 7.10. The fraction of sp³-hybridized carbons (Fsp3) is 0.118. The zero-order valence-electron chi connectivity index (χ0n) is 13.3. The summed E-state index contributed by atoms with van der Waals surface area (Å²) in [4.78, 5) is 13.6. The van der Waals surface area contributed by atoms with Crippen molar-refractivity contribution in [2.75, 3.05) is 11.1 Å². The third-order valence-electron chi connectivity index (χ3n) is 3.34. The first-order valence-corrected chi connectivity index (χ1v) is 9.16. The summed E-state index contributed by atoms with van der Waals surface area (Å²) in [6, 6.07) is 13.2. The van der Waals surface area contributed by atoms with Gasteiger partial charge in [0.05, 0.1) is 10.8 Å².